The van der Waals surface area contributed by atoms with Crippen LogP contribution in [0.15, 0.2) is 12.2 Å². The zero-order chi connectivity index (χ0) is 10.5. The summed E-state index contributed by atoms with van der Waals surface area (Å²) in [4.78, 5) is 10.7. The van der Waals surface area contributed by atoms with Crippen molar-refractivity contribution in [3.8, 4) is 0 Å². The van der Waals surface area contributed by atoms with Crippen molar-refractivity contribution in [2.75, 3.05) is 12.9 Å². The predicted octanol–water partition coefficient (Wildman–Crippen LogP) is -0.265. The van der Waals surface area contributed by atoms with Gasteiger partial charge in [-0.2, -0.15) is 8.42 Å². The average Bonchev–Trinajstić information content (AvgIpc) is 2.00. The van der Waals surface area contributed by atoms with Crippen LogP contribution in [0.1, 0.15) is 12.8 Å². The molecule has 14 heavy (non-hydrogen) atoms. The molecule has 0 atom stereocenters. The first-order valence-corrected chi connectivity index (χ1v) is 5.19. The second-order valence-electron chi connectivity index (χ2n) is 2.48. The molecule has 0 fully saturated rings. The van der Waals surface area contributed by atoms with Gasteiger partial charge in [-0.25, -0.2) is 4.79 Å². The molecule has 0 amide bonds. The van der Waals surface area contributed by atoms with E-state index in [1.807, 2.05) is 0 Å². The van der Waals surface area contributed by atoms with Crippen LogP contribution in [0.25, 0.3) is 0 Å². The first-order chi connectivity index (χ1) is 5.87. The second kappa shape index (κ2) is 7.97. The fraction of sp³-hybridized carbons (Fsp3) is 0.571. The summed E-state index contributed by atoms with van der Waals surface area (Å²) < 4.78 is 33.2. The first kappa shape index (κ1) is 17.2. The standard InChI is InChI=1S/C7H12O5S.K.H/c1-6(7(8)12-2)4-3-5-13(9,10)11;;/h1,3-5H2,2H3,(H,9,10,11);;. The van der Waals surface area contributed by atoms with Gasteiger partial charge < -0.3 is 4.74 Å². The minimum absolute atomic E-state index is 0. The van der Waals surface area contributed by atoms with Crippen molar-refractivity contribution in [1.82, 2.24) is 0 Å². The molecule has 0 aromatic rings. The van der Waals surface area contributed by atoms with Crippen LogP contribution in [0.3, 0.4) is 0 Å². The third-order valence-corrected chi connectivity index (χ3v) is 2.16. The van der Waals surface area contributed by atoms with Gasteiger partial charge in [-0.1, -0.05) is 6.58 Å². The van der Waals surface area contributed by atoms with Gasteiger partial charge >= 0.3 is 57.4 Å². The molecule has 0 bridgehead atoms. The summed E-state index contributed by atoms with van der Waals surface area (Å²) in [6.07, 6.45) is 0.360. The van der Waals surface area contributed by atoms with Gasteiger partial charge in [-0.05, 0) is 12.8 Å². The monoisotopic (exact) mass is 248 g/mol. The Morgan fingerprint density at radius 2 is 2.00 bits per heavy atom. The summed E-state index contributed by atoms with van der Waals surface area (Å²) in [5.41, 5.74) is 0.200. The number of esters is 1. The average molecular weight is 248 g/mol. The van der Waals surface area contributed by atoms with Crippen molar-refractivity contribution >= 4 is 67.5 Å². The SMILES string of the molecule is C=C(CCCS(=O)(=O)O)C(=O)OC.[KH]. The Morgan fingerprint density at radius 3 is 2.36 bits per heavy atom. The zero-order valence-electron chi connectivity index (χ0n) is 7.32. The van der Waals surface area contributed by atoms with E-state index in [2.05, 4.69) is 11.3 Å². The number of carbonyl (C=O) groups is 1. The second-order valence-corrected chi connectivity index (χ2v) is 4.06. The van der Waals surface area contributed by atoms with Crippen LogP contribution in [0.5, 0.6) is 0 Å². The van der Waals surface area contributed by atoms with E-state index < -0.39 is 16.1 Å². The van der Waals surface area contributed by atoms with Gasteiger partial charge in [-0.3, -0.25) is 4.55 Å². The van der Waals surface area contributed by atoms with E-state index >= 15 is 0 Å². The number of rotatable bonds is 5. The van der Waals surface area contributed by atoms with Gasteiger partial charge in [0.05, 0.1) is 12.9 Å². The topological polar surface area (TPSA) is 80.7 Å². The summed E-state index contributed by atoms with van der Waals surface area (Å²) in [6.45, 7) is 3.39. The molecule has 0 aliphatic heterocycles. The van der Waals surface area contributed by atoms with E-state index in [0.29, 0.717) is 0 Å². The van der Waals surface area contributed by atoms with Crippen molar-refractivity contribution in [3.05, 3.63) is 12.2 Å². The van der Waals surface area contributed by atoms with Gasteiger partial charge in [0.2, 0.25) is 0 Å². The molecule has 0 rings (SSSR count). The Hall–Kier alpha value is 0.756. The summed E-state index contributed by atoms with van der Waals surface area (Å²) in [5, 5.41) is 0. The predicted molar refractivity (Wildman–Crippen MR) is 54.0 cm³/mol. The van der Waals surface area contributed by atoms with Gasteiger partial charge in [0.25, 0.3) is 10.1 Å². The van der Waals surface area contributed by atoms with E-state index in [1.165, 1.54) is 7.11 Å². The summed E-state index contributed by atoms with van der Waals surface area (Å²) >= 11 is 0. The quantitative estimate of drug-likeness (QED) is 0.314. The van der Waals surface area contributed by atoms with E-state index in [0.717, 1.165) is 0 Å². The van der Waals surface area contributed by atoms with Crippen LogP contribution in [0.4, 0.5) is 0 Å². The Bertz CT molecular complexity index is 295. The normalized spacial score (nSPS) is 10.1. The molecule has 0 saturated heterocycles. The van der Waals surface area contributed by atoms with Gasteiger partial charge in [0.1, 0.15) is 0 Å². The summed E-state index contributed by atoms with van der Waals surface area (Å²) in [5.74, 6) is -0.932. The fourth-order valence-electron chi connectivity index (χ4n) is 0.714. The molecule has 0 aliphatic rings. The molecule has 5 nitrogen and oxygen atoms in total. The van der Waals surface area contributed by atoms with E-state index in [-0.39, 0.29) is 75.6 Å². The molecule has 78 valence electrons. The number of hydrogen-bond acceptors (Lipinski definition) is 4. The van der Waals surface area contributed by atoms with Crippen LogP contribution >= 0.6 is 0 Å². The Kier molecular flexibility index (Phi) is 9.77. The van der Waals surface area contributed by atoms with Crippen LogP contribution in [0, 0.1) is 0 Å². The molecule has 0 saturated carbocycles. The number of hydrogen-bond donors (Lipinski definition) is 1. The number of carbonyl (C=O) groups excluding carboxylic acids is 1. The molecular formula is C7H13KO5S. The molecule has 0 radical (unpaired) electrons. The van der Waals surface area contributed by atoms with Gasteiger partial charge in [-0.15, -0.1) is 0 Å². The van der Waals surface area contributed by atoms with E-state index in [9.17, 15) is 13.2 Å². The van der Waals surface area contributed by atoms with E-state index in [1.54, 1.807) is 0 Å². The molecule has 0 aromatic heterocycles. The minimum atomic E-state index is -3.95. The number of methoxy groups -OCH3 is 1. The fourth-order valence-corrected chi connectivity index (χ4v) is 1.22. The zero-order valence-corrected chi connectivity index (χ0v) is 8.13. The van der Waals surface area contributed by atoms with Crippen LogP contribution in [0.2, 0.25) is 0 Å². The summed E-state index contributed by atoms with van der Waals surface area (Å²) in [7, 11) is -2.73. The Labute approximate surface area is 126 Å². The maximum absolute atomic E-state index is 10.7. The van der Waals surface area contributed by atoms with Gasteiger partial charge in [0, 0.05) is 5.57 Å². The first-order valence-electron chi connectivity index (χ1n) is 3.58. The molecule has 0 unspecified atom stereocenters. The molecule has 0 aliphatic carbocycles. The van der Waals surface area contributed by atoms with Crippen LogP contribution in [-0.4, -0.2) is 83.2 Å². The molecule has 0 aromatic carbocycles. The van der Waals surface area contributed by atoms with Crippen molar-refractivity contribution < 1.29 is 22.5 Å². The van der Waals surface area contributed by atoms with Crippen molar-refractivity contribution in [3.63, 3.8) is 0 Å². The molecule has 7 heteroatoms. The number of ether oxygens (including phenoxy) is 1. The molecule has 0 heterocycles. The van der Waals surface area contributed by atoms with Crippen LogP contribution < -0.4 is 0 Å². The molecular weight excluding hydrogens is 235 g/mol. The van der Waals surface area contributed by atoms with Crippen LogP contribution in [-0.2, 0) is 19.6 Å². The molecule has 1 N–H and O–H groups in total. The van der Waals surface area contributed by atoms with Crippen molar-refractivity contribution in [1.29, 1.82) is 0 Å². The summed E-state index contributed by atoms with van der Waals surface area (Å²) in [6, 6.07) is 0. The third-order valence-electron chi connectivity index (χ3n) is 1.35. The third kappa shape index (κ3) is 9.32. The van der Waals surface area contributed by atoms with Gasteiger partial charge in [0.15, 0.2) is 0 Å². The van der Waals surface area contributed by atoms with E-state index in [4.69, 9.17) is 4.55 Å². The van der Waals surface area contributed by atoms with Crippen molar-refractivity contribution in [2.24, 2.45) is 0 Å². The molecule has 0 spiro atoms. The Morgan fingerprint density at radius 1 is 1.50 bits per heavy atom. The Balaban J connectivity index is 0. The maximum atomic E-state index is 10.7. The van der Waals surface area contributed by atoms with Crippen molar-refractivity contribution in [2.45, 2.75) is 12.8 Å².